The minimum atomic E-state index is -3.22. The van der Waals surface area contributed by atoms with Gasteiger partial charge >= 0.3 is 6.72 Å². The fourth-order valence-corrected chi connectivity index (χ4v) is 8.22. The summed E-state index contributed by atoms with van der Waals surface area (Å²) in [6.07, 6.45) is 0. The van der Waals surface area contributed by atoms with Crippen LogP contribution in [0.2, 0.25) is 0 Å². The highest BCUT2D eigenvalue weighted by Crippen LogP contribution is 2.51. The number of benzene rings is 2. The SMILES string of the molecule is CCOP(=S)(OCC)O/C(COc1ccccc1P(=S)(OCC)OCC)=N/N=C1\C(=O)Nc2ccccc21. The van der Waals surface area contributed by atoms with Gasteiger partial charge < -0.3 is 23.6 Å². The normalized spacial score (nSPS) is 14.9. The van der Waals surface area contributed by atoms with Crippen LogP contribution in [0.25, 0.3) is 0 Å². The number of ether oxygens (including phenoxy) is 1. The van der Waals surface area contributed by atoms with E-state index >= 15 is 0 Å². The first-order valence-corrected chi connectivity index (χ1v) is 17.2. The number of hydrogen-bond donors (Lipinski definition) is 1. The topological polar surface area (TPSA) is 109 Å². The highest BCUT2D eigenvalue weighted by Gasteiger charge is 2.29. The fourth-order valence-electron chi connectivity index (χ4n) is 3.38. The lowest BCUT2D eigenvalue weighted by Crippen LogP contribution is -2.20. The van der Waals surface area contributed by atoms with Gasteiger partial charge in [0, 0.05) is 17.4 Å². The molecule has 0 saturated heterocycles. The molecule has 0 fully saturated rings. The van der Waals surface area contributed by atoms with Crippen molar-refractivity contribution >= 4 is 65.3 Å². The molecule has 0 radical (unpaired) electrons. The van der Waals surface area contributed by atoms with Crippen LogP contribution in [0.3, 0.4) is 0 Å². The fraction of sp³-hybridized carbons (Fsp3) is 0.375. The van der Waals surface area contributed by atoms with Crippen molar-refractivity contribution in [3.05, 3.63) is 54.1 Å². The molecular formula is C24H31N3O7P2S2. The Morgan fingerprint density at radius 3 is 2.13 bits per heavy atom. The van der Waals surface area contributed by atoms with Gasteiger partial charge in [0.25, 0.3) is 11.8 Å². The van der Waals surface area contributed by atoms with E-state index in [0.717, 1.165) is 0 Å². The third-order valence-electron chi connectivity index (χ3n) is 4.81. The molecule has 10 nitrogen and oxygen atoms in total. The van der Waals surface area contributed by atoms with E-state index in [2.05, 4.69) is 15.5 Å². The lowest BCUT2D eigenvalue weighted by atomic mass is 10.1. The molecule has 1 heterocycles. The monoisotopic (exact) mass is 599 g/mol. The summed E-state index contributed by atoms with van der Waals surface area (Å²) in [6, 6.07) is 14.4. The van der Waals surface area contributed by atoms with Gasteiger partial charge in [-0.05, 0) is 57.7 Å². The minimum absolute atomic E-state index is 0.0316. The summed E-state index contributed by atoms with van der Waals surface area (Å²) in [7, 11) is 0. The van der Waals surface area contributed by atoms with E-state index in [9.17, 15) is 4.79 Å². The van der Waals surface area contributed by atoms with Crippen LogP contribution < -0.4 is 15.4 Å². The number of fused-ring (bicyclic) bond motifs is 1. The predicted octanol–water partition coefficient (Wildman–Crippen LogP) is 5.14. The maximum atomic E-state index is 12.5. The molecule has 2 aromatic carbocycles. The molecule has 1 N–H and O–H groups in total. The van der Waals surface area contributed by atoms with Crippen molar-refractivity contribution in [2.45, 2.75) is 27.7 Å². The zero-order valence-electron chi connectivity index (χ0n) is 21.6. The van der Waals surface area contributed by atoms with Crippen LogP contribution in [0.15, 0.2) is 58.7 Å². The molecule has 1 amide bonds. The molecule has 38 heavy (non-hydrogen) atoms. The Morgan fingerprint density at radius 2 is 1.47 bits per heavy atom. The summed E-state index contributed by atoms with van der Waals surface area (Å²) in [5.41, 5.74) is 1.40. The molecule has 0 saturated carbocycles. The Hall–Kier alpha value is -2.01. The van der Waals surface area contributed by atoms with Crippen LogP contribution in [0, 0.1) is 0 Å². The van der Waals surface area contributed by atoms with Gasteiger partial charge in [0.1, 0.15) is 5.75 Å². The lowest BCUT2D eigenvalue weighted by molar-refractivity contribution is -0.110. The van der Waals surface area contributed by atoms with Crippen molar-refractivity contribution in [3.8, 4) is 5.75 Å². The van der Waals surface area contributed by atoms with E-state index in [1.807, 2.05) is 32.0 Å². The van der Waals surface area contributed by atoms with Crippen LogP contribution in [0.5, 0.6) is 5.75 Å². The van der Waals surface area contributed by atoms with Gasteiger partial charge in [-0.1, -0.05) is 30.3 Å². The van der Waals surface area contributed by atoms with Crippen LogP contribution in [0.4, 0.5) is 5.69 Å². The molecule has 0 bridgehead atoms. The van der Waals surface area contributed by atoms with E-state index in [1.54, 1.807) is 44.2 Å². The molecule has 1 aliphatic heterocycles. The lowest BCUT2D eigenvalue weighted by Gasteiger charge is -2.24. The molecule has 3 rings (SSSR count). The van der Waals surface area contributed by atoms with Crippen molar-refractivity contribution in [1.82, 2.24) is 0 Å². The van der Waals surface area contributed by atoms with Crippen molar-refractivity contribution in [3.63, 3.8) is 0 Å². The van der Waals surface area contributed by atoms with Gasteiger partial charge in [-0.25, -0.2) is 0 Å². The zero-order chi connectivity index (χ0) is 27.6. The molecule has 1 aliphatic rings. The number of hydrogen-bond acceptors (Lipinski definition) is 11. The van der Waals surface area contributed by atoms with E-state index in [-0.39, 0.29) is 37.3 Å². The van der Waals surface area contributed by atoms with Gasteiger partial charge in [0.15, 0.2) is 12.3 Å². The smallest absolute Gasteiger partial charge is 0.381 e. The van der Waals surface area contributed by atoms with Gasteiger partial charge in [0.05, 0.1) is 37.4 Å². The summed E-state index contributed by atoms with van der Waals surface area (Å²) < 4.78 is 34.9. The van der Waals surface area contributed by atoms with E-state index in [1.165, 1.54) is 0 Å². The number of carbonyl (C=O) groups is 1. The van der Waals surface area contributed by atoms with E-state index in [4.69, 9.17) is 51.0 Å². The second-order valence-electron chi connectivity index (χ2n) is 7.41. The number of amides is 1. The molecule has 0 aliphatic carbocycles. The molecule has 0 spiro atoms. The highest BCUT2D eigenvalue weighted by atomic mass is 32.5. The summed E-state index contributed by atoms with van der Waals surface area (Å²) in [5.74, 6) is 0.0198. The van der Waals surface area contributed by atoms with Crippen LogP contribution in [-0.4, -0.2) is 50.6 Å². The summed E-state index contributed by atoms with van der Waals surface area (Å²) in [6.45, 7) is 2.32. The van der Waals surface area contributed by atoms with Crippen LogP contribution in [-0.2, 0) is 51.0 Å². The number of nitrogens with one attached hydrogen (secondary N) is 1. The largest absolute Gasteiger partial charge is 0.483 e. The third-order valence-corrected chi connectivity index (χ3v) is 10.6. The van der Waals surface area contributed by atoms with Gasteiger partial charge in [-0.3, -0.25) is 13.8 Å². The van der Waals surface area contributed by atoms with Gasteiger partial charge in [0.2, 0.25) is 6.49 Å². The maximum absolute atomic E-state index is 12.5. The standard InChI is InChI=1S/C24H31N3O7P2S2/c1-5-30-35(37,31-6-2)21-16-12-11-15-20(21)29-17-22(34-36(38,32-7-3)33-8-4)26-27-23-18-13-9-10-14-19(18)25-24(23)28/h9-16H,5-8,17H2,1-4H3,(H,25,27,28)/b26-22+. The van der Waals surface area contributed by atoms with E-state index in [0.29, 0.717) is 35.5 Å². The zero-order valence-corrected chi connectivity index (χ0v) is 25.0. The Kier molecular flexibility index (Phi) is 11.6. The quantitative estimate of drug-likeness (QED) is 0.137. The number of carbonyl (C=O) groups excluding carboxylic acids is 1. The number of para-hydroxylation sites is 2. The first-order valence-electron chi connectivity index (χ1n) is 12.0. The molecule has 14 heteroatoms. The Labute approximate surface area is 233 Å². The molecular weight excluding hydrogens is 568 g/mol. The molecule has 2 aromatic rings. The van der Waals surface area contributed by atoms with Gasteiger partial charge in [-0.15, -0.1) is 10.2 Å². The first-order chi connectivity index (χ1) is 18.3. The Morgan fingerprint density at radius 1 is 0.868 bits per heavy atom. The average Bonchev–Trinajstić information content (AvgIpc) is 3.21. The van der Waals surface area contributed by atoms with Crippen LogP contribution in [0.1, 0.15) is 33.3 Å². The highest BCUT2D eigenvalue weighted by molar-refractivity contribution is 8.13. The Bertz CT molecular complexity index is 1270. The molecule has 0 unspecified atom stereocenters. The molecule has 0 atom stereocenters. The third kappa shape index (κ3) is 7.77. The number of nitrogens with zero attached hydrogens (tertiary/aromatic N) is 2. The Balaban J connectivity index is 1.97. The van der Waals surface area contributed by atoms with Crippen molar-refractivity contribution in [2.24, 2.45) is 10.2 Å². The molecule has 206 valence electrons. The minimum Gasteiger partial charge on any atom is -0.483 e. The van der Waals surface area contributed by atoms with Crippen LogP contribution >= 0.6 is 13.2 Å². The molecule has 0 aromatic heterocycles. The second-order valence-corrected chi connectivity index (χ2v) is 13.8. The van der Waals surface area contributed by atoms with Crippen molar-refractivity contribution in [1.29, 1.82) is 0 Å². The second kappa shape index (κ2) is 14.4. The number of rotatable bonds is 14. The first kappa shape index (κ1) is 30.5. The number of anilines is 1. The van der Waals surface area contributed by atoms with Gasteiger partial charge in [-0.2, -0.15) is 0 Å². The summed E-state index contributed by atoms with van der Waals surface area (Å²) >= 11 is 11.3. The summed E-state index contributed by atoms with van der Waals surface area (Å²) in [4.78, 5) is 12.5. The average molecular weight is 600 g/mol. The van der Waals surface area contributed by atoms with Crippen molar-refractivity contribution in [2.75, 3.05) is 38.4 Å². The summed E-state index contributed by atoms with van der Waals surface area (Å²) in [5, 5.41) is 11.7. The maximum Gasteiger partial charge on any atom is 0.381 e. The van der Waals surface area contributed by atoms with Crippen molar-refractivity contribution < 1.29 is 32.2 Å². The van der Waals surface area contributed by atoms with E-state index < -0.39 is 13.2 Å². The predicted molar refractivity (Wildman–Crippen MR) is 157 cm³/mol.